The molecule has 0 aromatic heterocycles. The number of hydrogen-bond donors (Lipinski definition) is 2. The Morgan fingerprint density at radius 2 is 2.00 bits per heavy atom. The number of aryl methyl sites for hydroxylation is 1. The van der Waals surface area contributed by atoms with Gasteiger partial charge >= 0.3 is 5.97 Å². The van der Waals surface area contributed by atoms with Crippen molar-refractivity contribution >= 4 is 11.7 Å². The van der Waals surface area contributed by atoms with E-state index in [2.05, 4.69) is 5.32 Å². The van der Waals surface area contributed by atoms with Crippen LogP contribution in [0.15, 0.2) is 18.2 Å². The van der Waals surface area contributed by atoms with Gasteiger partial charge < -0.3 is 10.4 Å². The molecule has 3 nitrogen and oxygen atoms in total. The number of carbonyl (C=O) groups is 1. The van der Waals surface area contributed by atoms with E-state index < -0.39 is 5.97 Å². The van der Waals surface area contributed by atoms with Crippen molar-refractivity contribution in [2.24, 2.45) is 23.7 Å². The highest BCUT2D eigenvalue weighted by Gasteiger charge is 2.53. The SMILES string of the molecule is Cc1cc(C(=O)O)ccc1NC1CC2CC1C1CCCC21. The quantitative estimate of drug-likeness (QED) is 0.884. The third-order valence-electron chi connectivity index (χ3n) is 6.24. The first-order valence-electron chi connectivity index (χ1n) is 8.24. The number of benzene rings is 1. The van der Waals surface area contributed by atoms with Gasteiger partial charge in [0.05, 0.1) is 5.56 Å². The van der Waals surface area contributed by atoms with Gasteiger partial charge in [0.15, 0.2) is 0 Å². The van der Waals surface area contributed by atoms with Crippen molar-refractivity contribution in [1.29, 1.82) is 0 Å². The molecule has 5 unspecified atom stereocenters. The Bertz CT molecular complexity index is 583. The van der Waals surface area contributed by atoms with Gasteiger partial charge in [-0.25, -0.2) is 4.79 Å². The summed E-state index contributed by atoms with van der Waals surface area (Å²) < 4.78 is 0. The van der Waals surface area contributed by atoms with Gasteiger partial charge in [-0.1, -0.05) is 6.42 Å². The fourth-order valence-corrected chi connectivity index (χ4v) is 5.39. The number of fused-ring (bicyclic) bond motifs is 5. The molecule has 3 fully saturated rings. The van der Waals surface area contributed by atoms with Gasteiger partial charge in [0.1, 0.15) is 0 Å². The van der Waals surface area contributed by atoms with Crippen LogP contribution in [-0.2, 0) is 0 Å². The lowest BCUT2D eigenvalue weighted by molar-refractivity contribution is 0.0697. The predicted molar refractivity (Wildman–Crippen MR) is 82.6 cm³/mol. The lowest BCUT2D eigenvalue weighted by Gasteiger charge is -2.33. The molecule has 112 valence electrons. The fraction of sp³-hybridized carbons (Fsp3) is 0.611. The maximum atomic E-state index is 11.0. The highest BCUT2D eigenvalue weighted by molar-refractivity contribution is 5.88. The van der Waals surface area contributed by atoms with E-state index in [1.807, 2.05) is 13.0 Å². The maximum Gasteiger partial charge on any atom is 0.335 e. The predicted octanol–water partition coefficient (Wildman–Crippen LogP) is 3.93. The highest BCUT2D eigenvalue weighted by atomic mass is 16.4. The molecule has 2 N–H and O–H groups in total. The molecule has 5 atom stereocenters. The Morgan fingerprint density at radius 1 is 1.19 bits per heavy atom. The summed E-state index contributed by atoms with van der Waals surface area (Å²) >= 11 is 0. The number of anilines is 1. The molecule has 21 heavy (non-hydrogen) atoms. The van der Waals surface area contributed by atoms with Gasteiger partial charge in [0.25, 0.3) is 0 Å². The number of rotatable bonds is 3. The summed E-state index contributed by atoms with van der Waals surface area (Å²) in [4.78, 5) is 11.0. The first-order chi connectivity index (χ1) is 10.1. The summed E-state index contributed by atoms with van der Waals surface area (Å²) in [6, 6.07) is 6.03. The van der Waals surface area contributed by atoms with Gasteiger partial charge in [0.2, 0.25) is 0 Å². The minimum atomic E-state index is -0.849. The van der Waals surface area contributed by atoms with Gasteiger partial charge in [0, 0.05) is 11.7 Å². The van der Waals surface area contributed by atoms with Gasteiger partial charge in [-0.05, 0) is 80.0 Å². The van der Waals surface area contributed by atoms with E-state index in [-0.39, 0.29) is 0 Å². The summed E-state index contributed by atoms with van der Waals surface area (Å²) in [5, 5.41) is 12.8. The molecular weight excluding hydrogens is 262 g/mol. The molecule has 2 bridgehead atoms. The Balaban J connectivity index is 1.51. The molecule has 0 amide bonds. The van der Waals surface area contributed by atoms with E-state index in [9.17, 15) is 4.79 Å². The monoisotopic (exact) mass is 285 g/mol. The van der Waals surface area contributed by atoms with Crippen molar-refractivity contribution in [1.82, 2.24) is 0 Å². The van der Waals surface area contributed by atoms with Crippen LogP contribution in [0.4, 0.5) is 5.69 Å². The molecule has 1 aromatic carbocycles. The molecule has 3 heteroatoms. The Labute approximate surface area is 125 Å². The molecule has 3 aliphatic carbocycles. The second-order valence-corrected chi connectivity index (χ2v) is 7.24. The average molecular weight is 285 g/mol. The molecular formula is C18H23NO2. The lowest BCUT2D eigenvalue weighted by atomic mass is 9.79. The summed E-state index contributed by atoms with van der Waals surface area (Å²) in [5.41, 5.74) is 2.54. The third kappa shape index (κ3) is 2.05. The van der Waals surface area contributed by atoms with Crippen molar-refractivity contribution in [3.63, 3.8) is 0 Å². The van der Waals surface area contributed by atoms with E-state index in [1.165, 1.54) is 32.1 Å². The smallest absolute Gasteiger partial charge is 0.335 e. The zero-order valence-electron chi connectivity index (χ0n) is 12.5. The zero-order valence-corrected chi connectivity index (χ0v) is 12.5. The minimum absolute atomic E-state index is 0.377. The Morgan fingerprint density at radius 3 is 2.76 bits per heavy atom. The molecule has 4 rings (SSSR count). The van der Waals surface area contributed by atoms with Crippen molar-refractivity contribution in [2.75, 3.05) is 5.32 Å². The summed E-state index contributed by atoms with van der Waals surface area (Å²) in [6.07, 6.45) is 7.05. The second-order valence-electron chi connectivity index (χ2n) is 7.24. The summed E-state index contributed by atoms with van der Waals surface area (Å²) in [5.74, 6) is 2.92. The van der Waals surface area contributed by atoms with E-state index in [1.54, 1.807) is 12.1 Å². The summed E-state index contributed by atoms with van der Waals surface area (Å²) in [7, 11) is 0. The standard InChI is InChI=1S/C18H23NO2/c1-10-7-11(18(20)21)5-6-16(10)19-17-9-12-8-15(17)14-4-2-3-13(12)14/h5-7,12-15,17,19H,2-4,8-9H2,1H3,(H,20,21). The van der Waals surface area contributed by atoms with Crippen molar-refractivity contribution in [3.8, 4) is 0 Å². The number of carboxylic acid groups (broad SMARTS) is 1. The number of nitrogens with one attached hydrogen (secondary N) is 1. The van der Waals surface area contributed by atoms with Crippen LogP contribution in [0, 0.1) is 30.6 Å². The summed E-state index contributed by atoms with van der Waals surface area (Å²) in [6.45, 7) is 2.00. The van der Waals surface area contributed by atoms with Gasteiger partial charge in [-0.3, -0.25) is 0 Å². The van der Waals surface area contributed by atoms with Crippen LogP contribution in [0.1, 0.15) is 48.0 Å². The first kappa shape index (κ1) is 13.2. The van der Waals surface area contributed by atoms with E-state index in [4.69, 9.17) is 5.11 Å². The van der Waals surface area contributed by atoms with E-state index in [0.29, 0.717) is 11.6 Å². The van der Waals surface area contributed by atoms with Crippen LogP contribution in [0.3, 0.4) is 0 Å². The van der Waals surface area contributed by atoms with Gasteiger partial charge in [-0.15, -0.1) is 0 Å². The molecule has 0 aliphatic heterocycles. The topological polar surface area (TPSA) is 49.3 Å². The Hall–Kier alpha value is -1.51. The van der Waals surface area contributed by atoms with Gasteiger partial charge in [-0.2, -0.15) is 0 Å². The molecule has 1 aromatic rings. The normalized spacial score (nSPS) is 36.7. The van der Waals surface area contributed by atoms with Crippen LogP contribution >= 0.6 is 0 Å². The van der Waals surface area contributed by atoms with E-state index in [0.717, 1.165) is 34.9 Å². The van der Waals surface area contributed by atoms with Crippen molar-refractivity contribution in [3.05, 3.63) is 29.3 Å². The number of hydrogen-bond acceptors (Lipinski definition) is 2. The molecule has 3 saturated carbocycles. The van der Waals surface area contributed by atoms with Crippen LogP contribution in [0.2, 0.25) is 0 Å². The van der Waals surface area contributed by atoms with Crippen molar-refractivity contribution < 1.29 is 9.90 Å². The molecule has 0 saturated heterocycles. The molecule has 3 aliphatic rings. The fourth-order valence-electron chi connectivity index (χ4n) is 5.39. The van der Waals surface area contributed by atoms with Crippen LogP contribution in [-0.4, -0.2) is 17.1 Å². The van der Waals surface area contributed by atoms with Crippen LogP contribution < -0.4 is 5.32 Å². The lowest BCUT2D eigenvalue weighted by Crippen LogP contribution is -2.34. The van der Waals surface area contributed by atoms with E-state index >= 15 is 0 Å². The number of carboxylic acids is 1. The average Bonchev–Trinajstić information content (AvgIpc) is 3.12. The van der Waals surface area contributed by atoms with Crippen molar-refractivity contribution in [2.45, 2.75) is 45.1 Å². The Kier molecular flexibility index (Phi) is 2.98. The van der Waals surface area contributed by atoms with Crippen LogP contribution in [0.25, 0.3) is 0 Å². The van der Waals surface area contributed by atoms with Crippen LogP contribution in [0.5, 0.6) is 0 Å². The molecule has 0 radical (unpaired) electrons. The maximum absolute atomic E-state index is 11.0. The third-order valence-corrected chi connectivity index (χ3v) is 6.24. The largest absolute Gasteiger partial charge is 0.478 e. The molecule has 0 heterocycles. The number of aromatic carboxylic acids is 1. The zero-order chi connectivity index (χ0) is 14.6. The second kappa shape index (κ2) is 4.75. The first-order valence-corrected chi connectivity index (χ1v) is 8.24. The molecule has 0 spiro atoms. The minimum Gasteiger partial charge on any atom is -0.478 e. The highest BCUT2D eigenvalue weighted by Crippen LogP contribution is 2.59.